The molecule has 6 heteroatoms. The molecule has 0 spiro atoms. The second-order valence-corrected chi connectivity index (χ2v) is 9.73. The summed E-state index contributed by atoms with van der Waals surface area (Å²) in [6, 6.07) is 6.39. The Bertz CT molecular complexity index is 1020. The van der Waals surface area contributed by atoms with Gasteiger partial charge >= 0.3 is 0 Å². The van der Waals surface area contributed by atoms with E-state index in [1.807, 2.05) is 6.08 Å². The van der Waals surface area contributed by atoms with Crippen LogP contribution < -0.4 is 4.74 Å². The quantitative estimate of drug-likeness (QED) is 0.437. The highest BCUT2D eigenvalue weighted by Crippen LogP contribution is 2.41. The molecular weight excluding hydrogens is 444 g/mol. The molecular formula is C28H32F4O2. The van der Waals surface area contributed by atoms with Crippen LogP contribution in [-0.2, 0) is 0 Å². The molecule has 0 unspecified atom stereocenters. The van der Waals surface area contributed by atoms with E-state index in [9.17, 15) is 18.3 Å². The fourth-order valence-corrected chi connectivity index (χ4v) is 5.56. The first kappa shape index (κ1) is 24.8. The summed E-state index contributed by atoms with van der Waals surface area (Å²) in [6.45, 7) is 0.159. The summed E-state index contributed by atoms with van der Waals surface area (Å²) in [5, 5.41) is 9.31. The smallest absolute Gasteiger partial charge is 0.201 e. The number of halogens is 4. The van der Waals surface area contributed by atoms with Crippen LogP contribution in [0.2, 0.25) is 0 Å². The molecule has 184 valence electrons. The average Bonchev–Trinajstić information content (AvgIpc) is 2.87. The lowest BCUT2D eigenvalue weighted by Crippen LogP contribution is -2.18. The van der Waals surface area contributed by atoms with E-state index < -0.39 is 23.3 Å². The van der Waals surface area contributed by atoms with Crippen LogP contribution in [-0.4, -0.2) is 18.8 Å². The van der Waals surface area contributed by atoms with Gasteiger partial charge in [0.05, 0.1) is 7.11 Å². The van der Waals surface area contributed by atoms with Crippen LogP contribution in [0, 0.1) is 35.1 Å². The van der Waals surface area contributed by atoms with E-state index in [4.69, 9.17) is 4.74 Å². The van der Waals surface area contributed by atoms with Crippen LogP contribution in [0.3, 0.4) is 0 Å². The van der Waals surface area contributed by atoms with Crippen LogP contribution in [0.5, 0.6) is 5.75 Å². The Hall–Kier alpha value is -2.34. The lowest BCUT2D eigenvalue weighted by molar-refractivity contribution is 0.181. The maximum atomic E-state index is 15.0. The molecule has 0 amide bonds. The highest BCUT2D eigenvalue weighted by atomic mass is 19.2. The number of aliphatic hydroxyl groups excluding tert-OH is 1. The summed E-state index contributed by atoms with van der Waals surface area (Å²) in [7, 11) is 1.29. The van der Waals surface area contributed by atoms with E-state index in [2.05, 4.69) is 0 Å². The van der Waals surface area contributed by atoms with Crippen molar-refractivity contribution in [3.63, 3.8) is 0 Å². The predicted octanol–water partition coefficient (Wildman–Crippen LogP) is 7.50. The molecule has 0 atom stereocenters. The summed E-state index contributed by atoms with van der Waals surface area (Å²) in [5.41, 5.74) is 1.07. The van der Waals surface area contributed by atoms with Crippen molar-refractivity contribution in [3.8, 4) is 5.75 Å². The molecule has 2 fully saturated rings. The lowest BCUT2D eigenvalue weighted by atomic mass is 9.76. The fraction of sp³-hybridized carbons (Fsp3) is 0.500. The molecule has 0 aliphatic heterocycles. The number of hydrogen-bond donors (Lipinski definition) is 1. The van der Waals surface area contributed by atoms with Crippen molar-refractivity contribution in [2.24, 2.45) is 11.8 Å². The molecule has 0 saturated heterocycles. The third-order valence-electron chi connectivity index (χ3n) is 7.74. The summed E-state index contributed by atoms with van der Waals surface area (Å²) in [6.07, 6.45) is 9.67. The third-order valence-corrected chi connectivity index (χ3v) is 7.74. The van der Waals surface area contributed by atoms with Crippen molar-refractivity contribution in [1.82, 2.24) is 0 Å². The Morgan fingerprint density at radius 3 is 1.85 bits per heavy atom. The molecule has 0 aromatic heterocycles. The van der Waals surface area contributed by atoms with Gasteiger partial charge in [0.1, 0.15) is 0 Å². The van der Waals surface area contributed by atoms with Gasteiger partial charge in [-0.15, -0.1) is 0 Å². The molecule has 2 saturated carbocycles. The highest BCUT2D eigenvalue weighted by molar-refractivity contribution is 5.52. The van der Waals surface area contributed by atoms with Crippen LogP contribution >= 0.6 is 0 Å². The zero-order chi connectivity index (χ0) is 24.2. The van der Waals surface area contributed by atoms with Gasteiger partial charge in [-0.2, -0.15) is 4.39 Å². The maximum Gasteiger partial charge on any atom is 0.201 e. The van der Waals surface area contributed by atoms with Gasteiger partial charge in [-0.3, -0.25) is 0 Å². The topological polar surface area (TPSA) is 29.5 Å². The number of rotatable bonds is 6. The van der Waals surface area contributed by atoms with Gasteiger partial charge in [0, 0.05) is 12.2 Å². The molecule has 2 aliphatic rings. The molecule has 0 radical (unpaired) electrons. The first-order chi connectivity index (χ1) is 16.4. The van der Waals surface area contributed by atoms with E-state index in [-0.39, 0.29) is 41.6 Å². The van der Waals surface area contributed by atoms with Gasteiger partial charge in [-0.1, -0.05) is 24.3 Å². The third kappa shape index (κ3) is 5.17. The minimum absolute atomic E-state index is 0.00964. The highest BCUT2D eigenvalue weighted by Gasteiger charge is 2.29. The minimum atomic E-state index is -1.00. The fourth-order valence-electron chi connectivity index (χ4n) is 5.56. The maximum absolute atomic E-state index is 15.0. The molecule has 2 aromatic rings. The molecule has 2 nitrogen and oxygen atoms in total. The van der Waals surface area contributed by atoms with E-state index in [0.29, 0.717) is 24.0 Å². The van der Waals surface area contributed by atoms with Crippen molar-refractivity contribution in [2.45, 2.75) is 63.2 Å². The second-order valence-electron chi connectivity index (χ2n) is 9.73. The van der Waals surface area contributed by atoms with Gasteiger partial charge in [0.2, 0.25) is 5.82 Å². The van der Waals surface area contributed by atoms with Gasteiger partial charge in [-0.05, 0) is 98.3 Å². The lowest BCUT2D eigenvalue weighted by Gasteiger charge is -2.30. The Morgan fingerprint density at radius 2 is 1.32 bits per heavy atom. The Kier molecular flexibility index (Phi) is 7.97. The SMILES string of the molecule is COc1ccc(/C=C/C2CCC(c3ccc(C4CCC(CO)CC4)c(F)c3F)CC2)c(F)c1F. The molecule has 0 bridgehead atoms. The first-order valence-electron chi connectivity index (χ1n) is 12.2. The van der Waals surface area contributed by atoms with Gasteiger partial charge < -0.3 is 9.84 Å². The van der Waals surface area contributed by atoms with E-state index >= 15 is 4.39 Å². The monoisotopic (exact) mass is 476 g/mol. The summed E-state index contributed by atoms with van der Waals surface area (Å²) in [5.74, 6) is -3.11. The van der Waals surface area contributed by atoms with Crippen LogP contribution in [0.15, 0.2) is 30.3 Å². The number of methoxy groups -OCH3 is 1. The largest absolute Gasteiger partial charge is 0.494 e. The van der Waals surface area contributed by atoms with Crippen molar-refractivity contribution in [3.05, 3.63) is 70.3 Å². The normalized spacial score (nSPS) is 25.6. The summed E-state index contributed by atoms with van der Waals surface area (Å²) < 4.78 is 62.9. The zero-order valence-corrected chi connectivity index (χ0v) is 19.5. The molecule has 34 heavy (non-hydrogen) atoms. The average molecular weight is 477 g/mol. The molecule has 2 aliphatic carbocycles. The van der Waals surface area contributed by atoms with Crippen molar-refractivity contribution < 1.29 is 27.4 Å². The summed E-state index contributed by atoms with van der Waals surface area (Å²) in [4.78, 5) is 0. The number of aliphatic hydroxyl groups is 1. The zero-order valence-electron chi connectivity index (χ0n) is 19.5. The van der Waals surface area contributed by atoms with Crippen LogP contribution in [0.1, 0.15) is 79.9 Å². The molecule has 1 N–H and O–H groups in total. The Morgan fingerprint density at radius 1 is 0.765 bits per heavy atom. The van der Waals surface area contributed by atoms with E-state index in [0.717, 1.165) is 38.5 Å². The summed E-state index contributed by atoms with van der Waals surface area (Å²) >= 11 is 0. The van der Waals surface area contributed by atoms with E-state index in [1.54, 1.807) is 18.2 Å². The second kappa shape index (κ2) is 10.9. The Balaban J connectivity index is 1.38. The molecule has 0 heterocycles. The van der Waals surface area contributed by atoms with Gasteiger partial charge in [-0.25, -0.2) is 13.2 Å². The van der Waals surface area contributed by atoms with Gasteiger partial charge in [0.25, 0.3) is 0 Å². The predicted molar refractivity (Wildman–Crippen MR) is 125 cm³/mol. The number of allylic oxidation sites excluding steroid dienone is 1. The van der Waals surface area contributed by atoms with Crippen molar-refractivity contribution in [1.29, 1.82) is 0 Å². The van der Waals surface area contributed by atoms with Crippen LogP contribution in [0.4, 0.5) is 17.6 Å². The van der Waals surface area contributed by atoms with Crippen LogP contribution in [0.25, 0.3) is 6.08 Å². The first-order valence-corrected chi connectivity index (χ1v) is 12.2. The molecule has 2 aromatic carbocycles. The van der Waals surface area contributed by atoms with Crippen molar-refractivity contribution in [2.75, 3.05) is 13.7 Å². The van der Waals surface area contributed by atoms with E-state index in [1.165, 1.54) is 19.2 Å². The molecule has 4 rings (SSSR count). The number of benzene rings is 2. The number of ether oxygens (including phenoxy) is 1. The number of hydrogen-bond acceptors (Lipinski definition) is 2. The minimum Gasteiger partial charge on any atom is -0.494 e. The standard InChI is InChI=1S/C28H32F4O2/c1-34-24-15-12-21(25(29)28(24)32)11-4-17-2-7-19(8-3-17)22-13-14-23(27(31)26(22)30)20-9-5-18(16-33)6-10-20/h4,11-15,17-20,33H,2-3,5-10,16H2,1H3/b11-4+. The van der Waals surface area contributed by atoms with Gasteiger partial charge in [0.15, 0.2) is 23.2 Å². The van der Waals surface area contributed by atoms with Crippen molar-refractivity contribution >= 4 is 6.08 Å². The Labute approximate surface area is 198 Å².